The predicted molar refractivity (Wildman–Crippen MR) is 71.7 cm³/mol. The third-order valence-corrected chi connectivity index (χ3v) is 3.42. The van der Waals surface area contributed by atoms with E-state index in [4.69, 9.17) is 14.6 Å². The molecule has 1 N–H and O–H groups in total. The van der Waals surface area contributed by atoms with Crippen LogP contribution in [0.25, 0.3) is 0 Å². The van der Waals surface area contributed by atoms with Crippen molar-refractivity contribution >= 4 is 5.97 Å². The molecule has 4 heteroatoms. The molecule has 0 amide bonds. The maximum absolute atomic E-state index is 10.7. The summed E-state index contributed by atoms with van der Waals surface area (Å²) in [4.78, 5) is 10.7. The molecule has 0 atom stereocenters. The van der Waals surface area contributed by atoms with Crippen LogP contribution in [0.2, 0.25) is 0 Å². The molecule has 0 aromatic heterocycles. The fourth-order valence-corrected chi connectivity index (χ4v) is 2.49. The van der Waals surface area contributed by atoms with Gasteiger partial charge in [0.05, 0.1) is 25.7 Å². The van der Waals surface area contributed by atoms with E-state index in [1.54, 1.807) is 13.2 Å². The summed E-state index contributed by atoms with van der Waals surface area (Å²) in [6, 6.07) is 4.09. The zero-order chi connectivity index (χ0) is 14.0. The number of aliphatic carboxylic acids is 1. The Kier molecular flexibility index (Phi) is 3.62. The monoisotopic (exact) mass is 262 g/mol. The number of rotatable bonds is 4. The molecule has 0 bridgehead atoms. The minimum atomic E-state index is -0.949. The number of hydrogen-bond donors (Lipinski definition) is 1. The number of hydrogen-bond acceptors (Lipinski definition) is 3. The van der Waals surface area contributed by atoms with E-state index >= 15 is 0 Å². The Bertz CT molecular complexity index is 527. The lowest BCUT2D eigenvalue weighted by Crippen LogP contribution is -2.45. The van der Waals surface area contributed by atoms with Gasteiger partial charge in [-0.05, 0) is 19.4 Å². The highest BCUT2D eigenvalue weighted by Gasteiger charge is 2.40. The number of carboxylic acid groups (broad SMARTS) is 1. The van der Waals surface area contributed by atoms with Crippen LogP contribution in [0.5, 0.6) is 5.75 Å². The first kappa shape index (κ1) is 13.6. The average molecular weight is 262 g/mol. The molecule has 102 valence electrons. The SMILES string of the molecule is COc1c(C)cc(C)cc1C1(/C=C/C(=O)O)COC1. The van der Waals surface area contributed by atoms with Crippen LogP contribution in [0.1, 0.15) is 16.7 Å². The molecule has 4 nitrogen and oxygen atoms in total. The third kappa shape index (κ3) is 2.49. The summed E-state index contributed by atoms with van der Waals surface area (Å²) in [5.41, 5.74) is 2.78. The predicted octanol–water partition coefficient (Wildman–Crippen LogP) is 2.22. The van der Waals surface area contributed by atoms with E-state index in [0.29, 0.717) is 13.2 Å². The Morgan fingerprint density at radius 1 is 1.42 bits per heavy atom. The topological polar surface area (TPSA) is 55.8 Å². The summed E-state index contributed by atoms with van der Waals surface area (Å²) >= 11 is 0. The number of carboxylic acids is 1. The lowest BCUT2D eigenvalue weighted by molar-refractivity contribution is -0.131. The van der Waals surface area contributed by atoms with Gasteiger partial charge in [0.25, 0.3) is 0 Å². The van der Waals surface area contributed by atoms with Gasteiger partial charge in [0.1, 0.15) is 5.75 Å². The molecule has 1 fully saturated rings. The van der Waals surface area contributed by atoms with Crippen molar-refractivity contribution in [2.24, 2.45) is 0 Å². The fraction of sp³-hybridized carbons (Fsp3) is 0.400. The van der Waals surface area contributed by atoms with Crippen molar-refractivity contribution in [1.29, 1.82) is 0 Å². The minimum absolute atomic E-state index is 0.388. The molecular formula is C15H18O4. The third-order valence-electron chi connectivity index (χ3n) is 3.42. The number of methoxy groups -OCH3 is 1. The van der Waals surface area contributed by atoms with Crippen molar-refractivity contribution < 1.29 is 19.4 Å². The van der Waals surface area contributed by atoms with Crippen LogP contribution in [0.3, 0.4) is 0 Å². The molecule has 2 rings (SSSR count). The number of aryl methyl sites for hydroxylation is 2. The Morgan fingerprint density at radius 3 is 2.58 bits per heavy atom. The smallest absolute Gasteiger partial charge is 0.328 e. The maximum atomic E-state index is 10.7. The van der Waals surface area contributed by atoms with E-state index in [1.807, 2.05) is 19.9 Å². The Hall–Kier alpha value is -1.81. The van der Waals surface area contributed by atoms with Gasteiger partial charge in [-0.3, -0.25) is 0 Å². The van der Waals surface area contributed by atoms with Gasteiger partial charge in [0, 0.05) is 11.6 Å². The van der Waals surface area contributed by atoms with Crippen LogP contribution in [-0.4, -0.2) is 31.4 Å². The van der Waals surface area contributed by atoms with Gasteiger partial charge in [-0.2, -0.15) is 0 Å². The Morgan fingerprint density at radius 2 is 2.11 bits per heavy atom. The molecule has 0 radical (unpaired) electrons. The van der Waals surface area contributed by atoms with Gasteiger partial charge < -0.3 is 14.6 Å². The van der Waals surface area contributed by atoms with Crippen LogP contribution in [0, 0.1) is 13.8 Å². The summed E-state index contributed by atoms with van der Waals surface area (Å²) in [7, 11) is 1.63. The van der Waals surface area contributed by atoms with E-state index < -0.39 is 5.97 Å². The maximum Gasteiger partial charge on any atom is 0.328 e. The molecule has 1 aromatic rings. The highest BCUT2D eigenvalue weighted by atomic mass is 16.5. The van der Waals surface area contributed by atoms with Crippen molar-refractivity contribution in [3.8, 4) is 5.75 Å². The molecule has 1 aromatic carbocycles. The zero-order valence-electron chi connectivity index (χ0n) is 11.4. The quantitative estimate of drug-likeness (QED) is 0.845. The minimum Gasteiger partial charge on any atom is -0.496 e. The van der Waals surface area contributed by atoms with E-state index in [-0.39, 0.29) is 5.41 Å². The standard InChI is InChI=1S/C15H18O4/c1-10-6-11(2)14(18-3)12(7-10)15(8-19-9-15)5-4-13(16)17/h4-7H,8-9H2,1-3H3,(H,16,17)/b5-4+. The average Bonchev–Trinajstić information content (AvgIpc) is 2.26. The van der Waals surface area contributed by atoms with Crippen molar-refractivity contribution in [3.05, 3.63) is 41.0 Å². The summed E-state index contributed by atoms with van der Waals surface area (Å²) in [6.45, 7) is 4.97. The molecule has 1 aliphatic heterocycles. The van der Waals surface area contributed by atoms with Crippen LogP contribution in [0.15, 0.2) is 24.3 Å². The van der Waals surface area contributed by atoms with Gasteiger partial charge in [-0.1, -0.05) is 23.8 Å². The molecule has 1 saturated heterocycles. The molecule has 1 aliphatic rings. The molecule has 0 spiro atoms. The van der Waals surface area contributed by atoms with E-state index in [1.165, 1.54) is 6.08 Å². The van der Waals surface area contributed by atoms with Crippen molar-refractivity contribution in [2.75, 3.05) is 20.3 Å². The summed E-state index contributed by atoms with van der Waals surface area (Å²) in [6.07, 6.45) is 2.88. The first-order valence-corrected chi connectivity index (χ1v) is 6.14. The van der Waals surface area contributed by atoms with Gasteiger partial charge >= 0.3 is 5.97 Å². The molecule has 0 unspecified atom stereocenters. The second-order valence-electron chi connectivity index (χ2n) is 4.98. The number of carbonyl (C=O) groups is 1. The van der Waals surface area contributed by atoms with Crippen molar-refractivity contribution in [1.82, 2.24) is 0 Å². The summed E-state index contributed by atoms with van der Waals surface area (Å²) in [5, 5.41) is 8.82. The van der Waals surface area contributed by atoms with Crippen molar-refractivity contribution in [3.63, 3.8) is 0 Å². The number of benzene rings is 1. The van der Waals surface area contributed by atoms with Crippen LogP contribution in [0.4, 0.5) is 0 Å². The molecular weight excluding hydrogens is 244 g/mol. The zero-order valence-corrected chi connectivity index (χ0v) is 11.4. The van der Waals surface area contributed by atoms with Crippen LogP contribution >= 0.6 is 0 Å². The highest BCUT2D eigenvalue weighted by Crippen LogP contribution is 2.41. The molecule has 1 heterocycles. The van der Waals surface area contributed by atoms with Crippen LogP contribution in [-0.2, 0) is 14.9 Å². The molecule has 19 heavy (non-hydrogen) atoms. The summed E-state index contributed by atoms with van der Waals surface area (Å²) < 4.78 is 10.8. The van der Waals surface area contributed by atoms with Gasteiger partial charge in [-0.25, -0.2) is 4.79 Å². The highest BCUT2D eigenvalue weighted by molar-refractivity contribution is 5.80. The molecule has 0 saturated carbocycles. The second kappa shape index (κ2) is 5.05. The Labute approximate surface area is 112 Å². The normalized spacial score (nSPS) is 17.2. The first-order valence-electron chi connectivity index (χ1n) is 6.14. The van der Waals surface area contributed by atoms with E-state index in [9.17, 15) is 4.79 Å². The van der Waals surface area contributed by atoms with E-state index in [2.05, 4.69) is 6.07 Å². The second-order valence-corrected chi connectivity index (χ2v) is 4.98. The Balaban J connectivity index is 2.52. The fourth-order valence-electron chi connectivity index (χ4n) is 2.49. The largest absolute Gasteiger partial charge is 0.496 e. The lowest BCUT2D eigenvalue weighted by atomic mass is 9.76. The number of ether oxygens (including phenoxy) is 2. The van der Waals surface area contributed by atoms with Crippen molar-refractivity contribution in [2.45, 2.75) is 19.3 Å². The van der Waals surface area contributed by atoms with Gasteiger partial charge in [0.15, 0.2) is 0 Å². The van der Waals surface area contributed by atoms with Gasteiger partial charge in [0.2, 0.25) is 0 Å². The summed E-state index contributed by atoms with van der Waals surface area (Å²) in [5.74, 6) is -0.140. The molecule has 0 aliphatic carbocycles. The van der Waals surface area contributed by atoms with E-state index in [0.717, 1.165) is 22.4 Å². The van der Waals surface area contributed by atoms with Crippen LogP contribution < -0.4 is 4.74 Å². The van der Waals surface area contributed by atoms with Gasteiger partial charge in [-0.15, -0.1) is 0 Å². The lowest BCUT2D eigenvalue weighted by Gasteiger charge is -2.40. The first-order chi connectivity index (χ1) is 8.98.